The molecule has 0 bridgehead atoms. The molecular formula is C12H25N3O5S. The fraction of sp³-hybridized carbons (Fsp3) is 0.917. The second-order valence-corrected chi connectivity index (χ2v) is 6.89. The Morgan fingerprint density at radius 1 is 1.43 bits per heavy atom. The normalized spacial score (nSPS) is 18.7. The molecule has 0 radical (unpaired) electrons. The third-order valence-electron chi connectivity index (χ3n) is 3.25. The van der Waals surface area contributed by atoms with Crippen LogP contribution in [0.4, 0.5) is 0 Å². The minimum Gasteiger partial charge on any atom is -0.469 e. The van der Waals surface area contributed by atoms with Crippen molar-refractivity contribution in [3.05, 3.63) is 0 Å². The van der Waals surface area contributed by atoms with Crippen molar-refractivity contribution in [1.29, 1.82) is 0 Å². The molecule has 0 saturated carbocycles. The van der Waals surface area contributed by atoms with Crippen LogP contribution in [0.25, 0.3) is 0 Å². The summed E-state index contributed by atoms with van der Waals surface area (Å²) in [6.45, 7) is 5.52. The van der Waals surface area contributed by atoms with Gasteiger partial charge >= 0.3 is 5.97 Å². The van der Waals surface area contributed by atoms with E-state index < -0.39 is 16.2 Å². The van der Waals surface area contributed by atoms with Crippen LogP contribution < -0.4 is 4.72 Å². The second kappa shape index (κ2) is 8.64. The molecule has 1 rings (SSSR count). The first kappa shape index (κ1) is 18.3. The molecule has 0 aromatic rings. The van der Waals surface area contributed by atoms with Gasteiger partial charge in [-0.3, -0.25) is 9.69 Å². The van der Waals surface area contributed by atoms with Crippen molar-refractivity contribution < 1.29 is 22.7 Å². The van der Waals surface area contributed by atoms with Crippen LogP contribution in [0, 0.1) is 0 Å². The van der Waals surface area contributed by atoms with Crippen LogP contribution in [-0.4, -0.2) is 83.2 Å². The first-order valence-corrected chi connectivity index (χ1v) is 8.39. The van der Waals surface area contributed by atoms with Gasteiger partial charge in [0.15, 0.2) is 0 Å². The third kappa shape index (κ3) is 6.70. The molecule has 1 heterocycles. The quantitative estimate of drug-likeness (QED) is 0.579. The lowest BCUT2D eigenvalue weighted by Crippen LogP contribution is -2.49. The number of hydrogen-bond acceptors (Lipinski definition) is 6. The number of morpholine rings is 1. The Morgan fingerprint density at radius 2 is 2.05 bits per heavy atom. The number of carbonyl (C=O) groups excluding carboxylic acids is 1. The molecule has 1 saturated heterocycles. The van der Waals surface area contributed by atoms with Crippen LogP contribution in [0.15, 0.2) is 0 Å². The molecule has 1 N–H and O–H groups in total. The molecule has 0 aliphatic carbocycles. The maximum absolute atomic E-state index is 12.1. The monoisotopic (exact) mass is 323 g/mol. The van der Waals surface area contributed by atoms with Crippen molar-refractivity contribution in [2.24, 2.45) is 0 Å². The minimum absolute atomic E-state index is 0.0335. The fourth-order valence-corrected chi connectivity index (χ4v) is 3.12. The van der Waals surface area contributed by atoms with Gasteiger partial charge in [0, 0.05) is 39.3 Å². The van der Waals surface area contributed by atoms with Crippen molar-refractivity contribution in [3.63, 3.8) is 0 Å². The van der Waals surface area contributed by atoms with Crippen molar-refractivity contribution in [2.75, 3.05) is 53.6 Å². The van der Waals surface area contributed by atoms with Gasteiger partial charge < -0.3 is 9.47 Å². The molecule has 124 valence electrons. The predicted octanol–water partition coefficient (Wildman–Crippen LogP) is -0.964. The summed E-state index contributed by atoms with van der Waals surface area (Å²) in [5, 5.41) is 0. The Labute approximate surface area is 126 Å². The largest absolute Gasteiger partial charge is 0.469 e. The van der Waals surface area contributed by atoms with Gasteiger partial charge in [-0.25, -0.2) is 0 Å². The molecule has 0 aromatic heterocycles. The summed E-state index contributed by atoms with van der Waals surface area (Å²) in [5.41, 5.74) is 0. The van der Waals surface area contributed by atoms with E-state index in [-0.39, 0.29) is 19.0 Å². The van der Waals surface area contributed by atoms with Gasteiger partial charge in [0.2, 0.25) is 0 Å². The number of nitrogens with one attached hydrogen (secondary N) is 1. The lowest BCUT2D eigenvalue weighted by Gasteiger charge is -2.30. The van der Waals surface area contributed by atoms with E-state index in [9.17, 15) is 13.2 Å². The minimum atomic E-state index is -3.60. The van der Waals surface area contributed by atoms with Crippen molar-refractivity contribution >= 4 is 16.2 Å². The van der Waals surface area contributed by atoms with E-state index in [4.69, 9.17) is 4.74 Å². The predicted molar refractivity (Wildman–Crippen MR) is 78.0 cm³/mol. The average Bonchev–Trinajstić information content (AvgIpc) is 2.44. The standard InChI is InChI=1S/C12H25N3O5S/c1-11(10-15-6-8-20-9-7-15)13-21(17,18)14(2)5-4-12(16)19-3/h11,13H,4-10H2,1-3H3. The van der Waals surface area contributed by atoms with Gasteiger partial charge in [-0.1, -0.05) is 0 Å². The van der Waals surface area contributed by atoms with Gasteiger partial charge in [-0.05, 0) is 6.92 Å². The smallest absolute Gasteiger partial charge is 0.306 e. The van der Waals surface area contributed by atoms with Crippen LogP contribution in [0.3, 0.4) is 0 Å². The highest BCUT2D eigenvalue weighted by molar-refractivity contribution is 7.87. The maximum atomic E-state index is 12.1. The number of nitrogens with zero attached hydrogens (tertiary/aromatic N) is 2. The molecule has 8 nitrogen and oxygen atoms in total. The maximum Gasteiger partial charge on any atom is 0.306 e. The van der Waals surface area contributed by atoms with Crippen LogP contribution in [0.2, 0.25) is 0 Å². The van der Waals surface area contributed by atoms with E-state index in [1.807, 2.05) is 6.92 Å². The van der Waals surface area contributed by atoms with Gasteiger partial charge in [-0.2, -0.15) is 17.4 Å². The number of methoxy groups -OCH3 is 1. The molecular weight excluding hydrogens is 298 g/mol. The Kier molecular flexibility index (Phi) is 7.53. The van der Waals surface area contributed by atoms with Crippen LogP contribution in [-0.2, 0) is 24.5 Å². The van der Waals surface area contributed by atoms with E-state index in [1.165, 1.54) is 14.2 Å². The molecule has 0 aromatic carbocycles. The van der Waals surface area contributed by atoms with Crippen LogP contribution >= 0.6 is 0 Å². The molecule has 1 unspecified atom stereocenters. The zero-order valence-corrected chi connectivity index (χ0v) is 13.7. The number of hydrogen-bond donors (Lipinski definition) is 1. The summed E-state index contributed by atoms with van der Waals surface area (Å²) in [7, 11) is -0.882. The van der Waals surface area contributed by atoms with Crippen molar-refractivity contribution in [3.8, 4) is 0 Å². The van der Waals surface area contributed by atoms with Gasteiger partial charge in [-0.15, -0.1) is 0 Å². The molecule has 1 atom stereocenters. The average molecular weight is 323 g/mol. The summed E-state index contributed by atoms with van der Waals surface area (Å²) in [4.78, 5) is 13.2. The number of carbonyl (C=O) groups is 1. The Hall–Kier alpha value is -0.740. The van der Waals surface area contributed by atoms with Gasteiger partial charge in [0.1, 0.15) is 0 Å². The van der Waals surface area contributed by atoms with Crippen LogP contribution in [0.1, 0.15) is 13.3 Å². The van der Waals surface area contributed by atoms with Gasteiger partial charge in [0.25, 0.3) is 10.2 Å². The molecule has 21 heavy (non-hydrogen) atoms. The molecule has 1 aliphatic rings. The Morgan fingerprint density at radius 3 is 2.62 bits per heavy atom. The zero-order chi connectivity index (χ0) is 15.9. The third-order valence-corrected chi connectivity index (χ3v) is 4.96. The lowest BCUT2D eigenvalue weighted by atomic mass is 10.3. The van der Waals surface area contributed by atoms with E-state index in [1.54, 1.807) is 0 Å². The number of ether oxygens (including phenoxy) is 2. The first-order valence-electron chi connectivity index (χ1n) is 6.95. The molecule has 1 fully saturated rings. The first-order chi connectivity index (χ1) is 9.85. The van der Waals surface area contributed by atoms with Gasteiger partial charge in [0.05, 0.1) is 26.7 Å². The molecule has 0 spiro atoms. The highest BCUT2D eigenvalue weighted by atomic mass is 32.2. The van der Waals surface area contributed by atoms with E-state index in [0.717, 1.165) is 17.4 Å². The second-order valence-electron chi connectivity index (χ2n) is 5.08. The summed E-state index contributed by atoms with van der Waals surface area (Å²) >= 11 is 0. The Bertz CT molecular complexity index is 423. The van der Waals surface area contributed by atoms with E-state index in [2.05, 4.69) is 14.4 Å². The zero-order valence-electron chi connectivity index (χ0n) is 12.9. The molecule has 9 heteroatoms. The molecule has 0 amide bonds. The SMILES string of the molecule is COC(=O)CCN(C)S(=O)(=O)NC(C)CN1CCOCC1. The van der Waals surface area contributed by atoms with Crippen molar-refractivity contribution in [1.82, 2.24) is 13.9 Å². The summed E-state index contributed by atoms with van der Waals surface area (Å²) in [6.07, 6.45) is 0.0335. The summed E-state index contributed by atoms with van der Waals surface area (Å²) < 4.78 is 37.7. The van der Waals surface area contributed by atoms with E-state index >= 15 is 0 Å². The number of esters is 1. The summed E-state index contributed by atoms with van der Waals surface area (Å²) in [5.74, 6) is -0.432. The van der Waals surface area contributed by atoms with Crippen LogP contribution in [0.5, 0.6) is 0 Å². The molecule has 1 aliphatic heterocycles. The lowest BCUT2D eigenvalue weighted by molar-refractivity contribution is -0.140. The summed E-state index contributed by atoms with van der Waals surface area (Å²) in [6, 6.07) is -0.214. The topological polar surface area (TPSA) is 88.2 Å². The van der Waals surface area contributed by atoms with E-state index in [0.29, 0.717) is 19.8 Å². The fourth-order valence-electron chi connectivity index (χ4n) is 2.02. The Balaban J connectivity index is 2.40. The van der Waals surface area contributed by atoms with Crippen molar-refractivity contribution in [2.45, 2.75) is 19.4 Å². The highest BCUT2D eigenvalue weighted by Gasteiger charge is 2.22. The number of rotatable bonds is 8. The highest BCUT2D eigenvalue weighted by Crippen LogP contribution is 2.02.